The fraction of sp³-hybridized carbons (Fsp3) is 0.308. The molecule has 0 saturated heterocycles. The highest BCUT2D eigenvalue weighted by atomic mass is 35.5. The molecule has 0 unspecified atom stereocenters. The van der Waals surface area contributed by atoms with Crippen LogP contribution in [0.5, 0.6) is 0 Å². The molecule has 1 aromatic rings. The van der Waals surface area contributed by atoms with Gasteiger partial charge >= 0.3 is 6.09 Å². The molecule has 0 fully saturated rings. The van der Waals surface area contributed by atoms with Crippen molar-refractivity contribution < 1.29 is 14.4 Å². The van der Waals surface area contributed by atoms with E-state index in [0.29, 0.717) is 15.6 Å². The van der Waals surface area contributed by atoms with E-state index in [-0.39, 0.29) is 5.91 Å². The molecular weight excluding hydrogens is 346 g/mol. The first-order valence-corrected chi connectivity index (χ1v) is 8.43. The van der Waals surface area contributed by atoms with Crippen LogP contribution < -0.4 is 0 Å². The van der Waals surface area contributed by atoms with Gasteiger partial charge in [-0.15, -0.1) is 11.8 Å². The third-order valence-electron chi connectivity index (χ3n) is 2.41. The smallest absolute Gasteiger partial charge is 0.296 e. The predicted octanol–water partition coefficient (Wildman–Crippen LogP) is 3.74. The summed E-state index contributed by atoms with van der Waals surface area (Å²) in [7, 11) is 3.03. The highest BCUT2D eigenvalue weighted by Crippen LogP contribution is 2.19. The van der Waals surface area contributed by atoms with E-state index in [1.54, 1.807) is 38.2 Å². The number of benzene rings is 1. The minimum Gasteiger partial charge on any atom is -0.296 e. The standard InChI is InChI=1S/C13H16ClN3O3S2/c1-9(21-4)15-20-13(19)17(3)22-16(2)12(18)10-6-5-7-11(14)8-10/h5-8H,1-4H3/b15-9-. The van der Waals surface area contributed by atoms with Gasteiger partial charge in [-0.2, -0.15) is 0 Å². The Kier molecular flexibility index (Phi) is 7.57. The molecule has 0 aliphatic carbocycles. The maximum Gasteiger partial charge on any atom is 0.447 e. The molecule has 0 spiro atoms. The number of hydrogen-bond donors (Lipinski definition) is 0. The fourth-order valence-corrected chi connectivity index (χ4v) is 2.20. The summed E-state index contributed by atoms with van der Waals surface area (Å²) in [5.41, 5.74) is 0.431. The molecule has 0 aromatic heterocycles. The van der Waals surface area contributed by atoms with Crippen molar-refractivity contribution in [3.8, 4) is 0 Å². The quantitative estimate of drug-likeness (QED) is 0.269. The average molecular weight is 362 g/mol. The van der Waals surface area contributed by atoms with E-state index in [4.69, 9.17) is 16.4 Å². The number of rotatable bonds is 4. The second kappa shape index (κ2) is 8.92. The van der Waals surface area contributed by atoms with E-state index in [0.717, 1.165) is 12.1 Å². The summed E-state index contributed by atoms with van der Waals surface area (Å²) in [5, 5.41) is 4.73. The van der Waals surface area contributed by atoms with E-state index in [1.165, 1.54) is 27.4 Å². The van der Waals surface area contributed by atoms with Gasteiger partial charge in [0.1, 0.15) is 5.04 Å². The Bertz CT molecular complexity index is 583. The third-order valence-corrected chi connectivity index (χ3v) is 4.11. The third kappa shape index (κ3) is 5.78. The summed E-state index contributed by atoms with van der Waals surface area (Å²) in [5.74, 6) is -0.282. The SMILES string of the molecule is CS/C(C)=N\OC(=O)N(C)SN(C)C(=O)c1cccc(Cl)c1. The van der Waals surface area contributed by atoms with Crippen molar-refractivity contribution in [3.05, 3.63) is 34.9 Å². The zero-order valence-electron chi connectivity index (χ0n) is 12.6. The van der Waals surface area contributed by atoms with Gasteiger partial charge in [0.15, 0.2) is 0 Å². The number of amides is 2. The van der Waals surface area contributed by atoms with Gasteiger partial charge in [-0.3, -0.25) is 13.9 Å². The zero-order chi connectivity index (χ0) is 16.7. The summed E-state index contributed by atoms with van der Waals surface area (Å²) < 4.78 is 2.47. The van der Waals surface area contributed by atoms with Crippen LogP contribution in [0.3, 0.4) is 0 Å². The number of carbonyl (C=O) groups is 2. The van der Waals surface area contributed by atoms with E-state index < -0.39 is 6.09 Å². The normalized spacial score (nSPS) is 11.0. The molecule has 0 atom stereocenters. The molecule has 120 valence electrons. The van der Waals surface area contributed by atoms with E-state index >= 15 is 0 Å². The molecule has 0 radical (unpaired) electrons. The van der Waals surface area contributed by atoms with Crippen molar-refractivity contribution in [2.45, 2.75) is 6.92 Å². The van der Waals surface area contributed by atoms with E-state index in [1.807, 2.05) is 6.26 Å². The van der Waals surface area contributed by atoms with Gasteiger partial charge < -0.3 is 0 Å². The maximum absolute atomic E-state index is 12.2. The van der Waals surface area contributed by atoms with Gasteiger partial charge in [0.2, 0.25) is 0 Å². The summed E-state index contributed by atoms with van der Waals surface area (Å²) in [6.45, 7) is 1.72. The summed E-state index contributed by atoms with van der Waals surface area (Å²) in [6, 6.07) is 6.58. The van der Waals surface area contributed by atoms with Crippen molar-refractivity contribution in [2.75, 3.05) is 20.4 Å². The zero-order valence-corrected chi connectivity index (χ0v) is 15.0. The summed E-state index contributed by atoms with van der Waals surface area (Å²) >= 11 is 8.12. The Morgan fingerprint density at radius 3 is 2.55 bits per heavy atom. The lowest BCUT2D eigenvalue weighted by molar-refractivity contribution is 0.0888. The van der Waals surface area contributed by atoms with Crippen molar-refractivity contribution in [1.82, 2.24) is 8.61 Å². The van der Waals surface area contributed by atoms with E-state index in [2.05, 4.69) is 5.16 Å². The van der Waals surface area contributed by atoms with Gasteiger partial charge in [0.25, 0.3) is 5.91 Å². The number of nitrogens with zero attached hydrogens (tertiary/aromatic N) is 3. The second-order valence-electron chi connectivity index (χ2n) is 4.06. The van der Waals surface area contributed by atoms with Crippen LogP contribution in [0.15, 0.2) is 29.4 Å². The topological polar surface area (TPSA) is 62.2 Å². The first kappa shape index (κ1) is 18.7. The Labute approximate surface area is 143 Å². The lowest BCUT2D eigenvalue weighted by atomic mass is 10.2. The molecule has 1 rings (SSSR count). The fourth-order valence-electron chi connectivity index (χ4n) is 1.26. The van der Waals surface area contributed by atoms with Gasteiger partial charge in [-0.1, -0.05) is 22.8 Å². The Hall–Kier alpha value is -1.38. The van der Waals surface area contributed by atoms with Crippen LogP contribution >= 0.6 is 35.5 Å². The molecule has 0 aliphatic rings. The molecular formula is C13H16ClN3O3S2. The minimum atomic E-state index is -0.677. The maximum atomic E-state index is 12.2. The van der Waals surface area contributed by atoms with Gasteiger partial charge in [-0.05, 0) is 31.4 Å². The first-order chi connectivity index (χ1) is 10.3. The Balaban J connectivity index is 2.61. The largest absolute Gasteiger partial charge is 0.447 e. The van der Waals surface area contributed by atoms with Crippen molar-refractivity contribution in [2.24, 2.45) is 5.16 Å². The Morgan fingerprint density at radius 1 is 1.27 bits per heavy atom. The van der Waals surface area contributed by atoms with Crippen LogP contribution in [0.1, 0.15) is 17.3 Å². The van der Waals surface area contributed by atoms with Crippen LogP contribution in [0, 0.1) is 0 Å². The molecule has 9 heteroatoms. The number of carbonyl (C=O) groups excluding carboxylic acids is 2. The second-order valence-corrected chi connectivity index (χ2v) is 6.76. The molecule has 22 heavy (non-hydrogen) atoms. The number of oxime groups is 1. The number of halogens is 1. The van der Waals surface area contributed by atoms with Crippen LogP contribution in [-0.4, -0.2) is 46.0 Å². The summed E-state index contributed by atoms with van der Waals surface area (Å²) in [4.78, 5) is 28.7. The number of hydrogen-bond acceptors (Lipinski definition) is 6. The van der Waals surface area contributed by atoms with Crippen molar-refractivity contribution >= 4 is 52.5 Å². The molecule has 0 saturated carbocycles. The highest BCUT2D eigenvalue weighted by molar-refractivity contribution is 8.13. The molecule has 0 aliphatic heterocycles. The molecule has 0 N–H and O–H groups in total. The van der Waals surface area contributed by atoms with Crippen LogP contribution in [0.25, 0.3) is 0 Å². The lowest BCUT2D eigenvalue weighted by Crippen LogP contribution is -2.28. The van der Waals surface area contributed by atoms with Gasteiger partial charge in [0, 0.05) is 24.7 Å². The van der Waals surface area contributed by atoms with Crippen LogP contribution in [-0.2, 0) is 4.84 Å². The molecule has 1 aromatic carbocycles. The number of thioether (sulfide) groups is 1. The summed E-state index contributed by atoms with van der Waals surface area (Å²) in [6.07, 6.45) is 1.15. The lowest BCUT2D eigenvalue weighted by Gasteiger charge is -2.21. The molecule has 6 nitrogen and oxygen atoms in total. The Morgan fingerprint density at radius 2 is 1.95 bits per heavy atom. The molecule has 0 bridgehead atoms. The first-order valence-electron chi connectivity index (χ1n) is 6.10. The van der Waals surface area contributed by atoms with Crippen molar-refractivity contribution in [3.63, 3.8) is 0 Å². The predicted molar refractivity (Wildman–Crippen MR) is 92.0 cm³/mol. The minimum absolute atomic E-state index is 0.282. The van der Waals surface area contributed by atoms with Gasteiger partial charge in [-0.25, -0.2) is 9.10 Å². The molecule has 0 heterocycles. The van der Waals surface area contributed by atoms with Gasteiger partial charge in [0.05, 0.1) is 12.1 Å². The average Bonchev–Trinajstić information content (AvgIpc) is 2.51. The monoisotopic (exact) mass is 361 g/mol. The molecule has 2 amide bonds. The van der Waals surface area contributed by atoms with Crippen LogP contribution in [0.4, 0.5) is 4.79 Å². The van der Waals surface area contributed by atoms with E-state index in [9.17, 15) is 9.59 Å². The van der Waals surface area contributed by atoms with Crippen LogP contribution in [0.2, 0.25) is 5.02 Å². The highest BCUT2D eigenvalue weighted by Gasteiger charge is 2.19. The van der Waals surface area contributed by atoms with Crippen molar-refractivity contribution in [1.29, 1.82) is 0 Å².